The first-order valence-electron chi connectivity index (χ1n) is 14.0. The third-order valence-electron chi connectivity index (χ3n) is 7.32. The van der Waals surface area contributed by atoms with Crippen molar-refractivity contribution < 1.29 is 24.2 Å². The van der Waals surface area contributed by atoms with Gasteiger partial charge in [-0.2, -0.15) is 0 Å². The number of fused-ring (bicyclic) bond motifs is 1. The average Bonchev–Trinajstić information content (AvgIpc) is 3.61. The molecule has 0 spiro atoms. The smallest absolute Gasteiger partial charge is 0.335 e. The van der Waals surface area contributed by atoms with Gasteiger partial charge in [-0.1, -0.05) is 42.2 Å². The maximum atomic E-state index is 13.3. The van der Waals surface area contributed by atoms with E-state index >= 15 is 0 Å². The lowest BCUT2D eigenvalue weighted by Gasteiger charge is -2.26. The lowest BCUT2D eigenvalue weighted by Crippen LogP contribution is -2.38. The number of nitrogen functional groups attached to an aromatic ring is 1. The summed E-state index contributed by atoms with van der Waals surface area (Å²) in [6.07, 6.45) is 3.84. The third-order valence-corrected chi connectivity index (χ3v) is 8.70. The molecule has 2 aliphatic rings. The van der Waals surface area contributed by atoms with Crippen LogP contribution in [0, 0.1) is 0 Å². The number of anilines is 1. The molecular weight excluding hydrogens is 603 g/mol. The highest BCUT2D eigenvalue weighted by molar-refractivity contribution is 8.26. The number of nitrogens with two attached hydrogens (primary N) is 1. The Morgan fingerprint density at radius 1 is 1.16 bits per heavy atom. The van der Waals surface area contributed by atoms with Gasteiger partial charge in [0, 0.05) is 26.2 Å². The Bertz CT molecular complexity index is 1750. The van der Waals surface area contributed by atoms with E-state index in [-0.39, 0.29) is 17.3 Å². The molecule has 0 unspecified atom stereocenters. The van der Waals surface area contributed by atoms with Crippen LogP contribution < -0.4 is 10.5 Å². The number of carboxylic acid groups (broad SMARTS) is 1. The van der Waals surface area contributed by atoms with Crippen LogP contribution in [0.25, 0.3) is 28.6 Å². The second-order valence-electron chi connectivity index (χ2n) is 10.2. The maximum absolute atomic E-state index is 13.3. The van der Waals surface area contributed by atoms with Crippen molar-refractivity contribution >= 4 is 63.2 Å². The van der Waals surface area contributed by atoms with E-state index in [2.05, 4.69) is 24.8 Å². The highest BCUT2D eigenvalue weighted by atomic mass is 32.2. The zero-order valence-electron chi connectivity index (χ0n) is 23.6. The quantitative estimate of drug-likeness (QED) is 0.173. The topological polar surface area (TPSA) is 160 Å². The Kier molecular flexibility index (Phi) is 8.84. The number of thiocarbonyl (C=S) groups is 1. The van der Waals surface area contributed by atoms with Crippen molar-refractivity contribution in [3.05, 3.63) is 70.4 Å². The van der Waals surface area contributed by atoms with E-state index in [4.69, 9.17) is 32.5 Å². The number of benzene rings is 2. The van der Waals surface area contributed by atoms with Gasteiger partial charge in [-0.05, 0) is 47.9 Å². The number of H-pyrrole nitrogens is 1. The Hall–Kier alpha value is -4.37. The SMILES string of the molecule is Nc1nc(-c2cc(/C=C3\SC(=S)N(CCc4ccc(C(=O)O)cc4)C3=O)ccc2OCCN2CCOCC2)nc2nc[nH]c12. The zero-order chi connectivity index (χ0) is 30.6. The molecule has 2 aromatic heterocycles. The number of ether oxygens (including phenoxy) is 2. The van der Waals surface area contributed by atoms with Crippen LogP contribution in [0.3, 0.4) is 0 Å². The predicted octanol–water partition coefficient (Wildman–Crippen LogP) is 3.46. The van der Waals surface area contributed by atoms with Gasteiger partial charge in [0.15, 0.2) is 17.3 Å². The van der Waals surface area contributed by atoms with Crippen molar-refractivity contribution in [1.29, 1.82) is 0 Å². The summed E-state index contributed by atoms with van der Waals surface area (Å²) in [6.45, 7) is 4.74. The number of morpholine rings is 1. The Balaban J connectivity index is 1.22. The van der Waals surface area contributed by atoms with Crippen LogP contribution in [0.2, 0.25) is 0 Å². The summed E-state index contributed by atoms with van der Waals surface area (Å²) in [4.78, 5) is 45.1. The zero-order valence-corrected chi connectivity index (χ0v) is 25.2. The van der Waals surface area contributed by atoms with Crippen LogP contribution in [0.15, 0.2) is 53.7 Å². The van der Waals surface area contributed by atoms with Gasteiger partial charge < -0.3 is 25.3 Å². The molecule has 0 bridgehead atoms. The van der Waals surface area contributed by atoms with Gasteiger partial charge in [0.25, 0.3) is 5.91 Å². The molecule has 44 heavy (non-hydrogen) atoms. The normalized spacial score (nSPS) is 16.7. The number of amides is 1. The number of aromatic carboxylic acids is 1. The summed E-state index contributed by atoms with van der Waals surface area (Å²) in [5.41, 5.74) is 9.70. The molecule has 2 saturated heterocycles. The summed E-state index contributed by atoms with van der Waals surface area (Å²) >= 11 is 6.77. The van der Waals surface area contributed by atoms with Crippen LogP contribution in [-0.4, -0.2) is 97.0 Å². The molecule has 12 nitrogen and oxygen atoms in total. The molecule has 0 aliphatic carbocycles. The number of carbonyl (C=O) groups is 2. The Labute approximate surface area is 262 Å². The fraction of sp³-hybridized carbons (Fsp3) is 0.267. The number of carbonyl (C=O) groups excluding carboxylic acids is 1. The Morgan fingerprint density at radius 3 is 2.73 bits per heavy atom. The van der Waals surface area contributed by atoms with E-state index in [0.717, 1.165) is 30.8 Å². The number of thioether (sulfide) groups is 1. The highest BCUT2D eigenvalue weighted by Crippen LogP contribution is 2.35. The van der Waals surface area contributed by atoms with Crippen LogP contribution in [0.1, 0.15) is 21.5 Å². The molecule has 14 heteroatoms. The second kappa shape index (κ2) is 13.1. The van der Waals surface area contributed by atoms with E-state index in [0.29, 0.717) is 70.3 Å². The lowest BCUT2D eigenvalue weighted by atomic mass is 10.1. The number of hydrogen-bond donors (Lipinski definition) is 3. The first kappa shape index (κ1) is 29.7. The molecule has 226 valence electrons. The summed E-state index contributed by atoms with van der Waals surface area (Å²) < 4.78 is 12.1. The standard InChI is InChI=1S/C30H29N7O5S2/c31-25-24-27(33-17-32-24)35-26(34-25)21-15-19(3-6-22(21)42-14-11-36-9-12-41-13-10-36)16-23-28(38)37(30(43)44-23)8-7-18-1-4-20(5-2-18)29(39)40/h1-6,15-17H,7-14H2,(H,39,40)(H3,31,32,33,34,35)/b23-16-. The summed E-state index contributed by atoms with van der Waals surface area (Å²) in [7, 11) is 0. The number of nitrogens with one attached hydrogen (secondary N) is 1. The maximum Gasteiger partial charge on any atom is 0.335 e. The number of imidazole rings is 1. The second-order valence-corrected chi connectivity index (χ2v) is 11.9. The van der Waals surface area contributed by atoms with E-state index in [1.54, 1.807) is 35.2 Å². The van der Waals surface area contributed by atoms with Crippen molar-refractivity contribution in [2.45, 2.75) is 6.42 Å². The van der Waals surface area contributed by atoms with Gasteiger partial charge >= 0.3 is 5.97 Å². The fourth-order valence-electron chi connectivity index (χ4n) is 4.92. The number of nitrogens with zero attached hydrogens (tertiary/aromatic N) is 5. The number of hydrogen-bond acceptors (Lipinski definition) is 11. The van der Waals surface area contributed by atoms with Crippen LogP contribution in [0.5, 0.6) is 5.75 Å². The number of rotatable bonds is 10. The van der Waals surface area contributed by atoms with E-state index in [9.17, 15) is 9.59 Å². The average molecular weight is 632 g/mol. The molecule has 4 aromatic rings. The first-order chi connectivity index (χ1) is 21.4. The number of aromatic nitrogens is 4. The lowest BCUT2D eigenvalue weighted by molar-refractivity contribution is -0.122. The molecule has 4 heterocycles. The largest absolute Gasteiger partial charge is 0.491 e. The van der Waals surface area contributed by atoms with Crippen molar-refractivity contribution in [2.75, 3.05) is 51.7 Å². The monoisotopic (exact) mass is 631 g/mol. The number of carboxylic acids is 1. The first-order valence-corrected chi connectivity index (χ1v) is 15.2. The van der Waals surface area contributed by atoms with Crippen molar-refractivity contribution in [1.82, 2.24) is 29.7 Å². The van der Waals surface area contributed by atoms with E-state index < -0.39 is 5.97 Å². The fourth-order valence-corrected chi connectivity index (χ4v) is 6.23. The number of aromatic amines is 1. The van der Waals surface area contributed by atoms with Crippen molar-refractivity contribution in [3.8, 4) is 17.1 Å². The minimum absolute atomic E-state index is 0.187. The van der Waals surface area contributed by atoms with Gasteiger partial charge in [-0.25, -0.2) is 19.7 Å². The van der Waals surface area contributed by atoms with Crippen LogP contribution in [0.4, 0.5) is 5.82 Å². The molecule has 4 N–H and O–H groups in total. The van der Waals surface area contributed by atoms with Gasteiger partial charge in [0.2, 0.25) is 0 Å². The van der Waals surface area contributed by atoms with Crippen molar-refractivity contribution in [3.63, 3.8) is 0 Å². The molecular formula is C30H29N7O5S2. The third kappa shape index (κ3) is 6.58. The van der Waals surface area contributed by atoms with Gasteiger partial charge in [0.1, 0.15) is 22.2 Å². The molecule has 0 radical (unpaired) electrons. The molecule has 2 aliphatic heterocycles. The minimum atomic E-state index is -0.980. The summed E-state index contributed by atoms with van der Waals surface area (Å²) in [6, 6.07) is 12.2. The highest BCUT2D eigenvalue weighted by Gasteiger charge is 2.31. The van der Waals surface area contributed by atoms with E-state index in [1.807, 2.05) is 18.2 Å². The van der Waals surface area contributed by atoms with Crippen LogP contribution in [-0.2, 0) is 16.0 Å². The van der Waals surface area contributed by atoms with Crippen LogP contribution >= 0.6 is 24.0 Å². The molecule has 0 atom stereocenters. The molecule has 2 aromatic carbocycles. The van der Waals surface area contributed by atoms with E-state index in [1.165, 1.54) is 18.1 Å². The van der Waals surface area contributed by atoms with Crippen molar-refractivity contribution in [2.24, 2.45) is 0 Å². The van der Waals surface area contributed by atoms with Gasteiger partial charge in [-0.15, -0.1) is 0 Å². The van der Waals surface area contributed by atoms with Gasteiger partial charge in [0.05, 0.1) is 35.6 Å². The summed E-state index contributed by atoms with van der Waals surface area (Å²) in [5, 5.41) is 9.12. The van der Waals surface area contributed by atoms with Gasteiger partial charge in [-0.3, -0.25) is 14.6 Å². The molecule has 1 amide bonds. The predicted molar refractivity (Wildman–Crippen MR) is 171 cm³/mol. The molecule has 6 rings (SSSR count). The summed E-state index contributed by atoms with van der Waals surface area (Å²) in [5.74, 6) is 0.0519. The Morgan fingerprint density at radius 2 is 1.95 bits per heavy atom. The molecule has 0 saturated carbocycles. The minimum Gasteiger partial charge on any atom is -0.491 e. The molecule has 2 fully saturated rings.